The number of aldehydes is 1. The van der Waals surface area contributed by atoms with Crippen molar-refractivity contribution in [3.63, 3.8) is 0 Å². The number of carbonyl (C=O) groups excluding carboxylic acids is 1. The van der Waals surface area contributed by atoms with Gasteiger partial charge >= 0.3 is 0 Å². The van der Waals surface area contributed by atoms with Gasteiger partial charge in [-0.05, 0) is 18.2 Å². The van der Waals surface area contributed by atoms with Crippen LogP contribution in [0.2, 0.25) is 0 Å². The van der Waals surface area contributed by atoms with Crippen LogP contribution in [-0.2, 0) is 9.54 Å². The Balaban J connectivity index is 3.08. The van der Waals surface area contributed by atoms with Gasteiger partial charge in [-0.15, -0.1) is 11.8 Å². The summed E-state index contributed by atoms with van der Waals surface area (Å²) in [6, 6.07) is 9.93. The van der Waals surface area contributed by atoms with E-state index >= 15 is 0 Å². The summed E-state index contributed by atoms with van der Waals surface area (Å²) in [5.74, 6) is 0. The van der Waals surface area contributed by atoms with Crippen LogP contribution in [0.1, 0.15) is 18.9 Å². The molecule has 0 aliphatic rings. The Morgan fingerprint density at radius 2 is 2.00 bits per heavy atom. The smallest absolute Gasteiger partial charge is 0.140 e. The second-order valence-electron chi connectivity index (χ2n) is 2.93. The number of hydrogen-bond donors (Lipinski definition) is 0. The van der Waals surface area contributed by atoms with Crippen LogP contribution < -0.4 is 0 Å². The summed E-state index contributed by atoms with van der Waals surface area (Å²) >= 11 is 1.60. The van der Waals surface area contributed by atoms with Gasteiger partial charge in [0, 0.05) is 0 Å². The third kappa shape index (κ3) is 1.94. The van der Waals surface area contributed by atoms with Crippen molar-refractivity contribution in [1.29, 1.82) is 0 Å². The van der Waals surface area contributed by atoms with Gasteiger partial charge in [0.05, 0.1) is 4.75 Å². The van der Waals surface area contributed by atoms with Gasteiger partial charge in [0.1, 0.15) is 6.29 Å². The summed E-state index contributed by atoms with van der Waals surface area (Å²) < 4.78 is -0.346. The predicted molar refractivity (Wildman–Crippen MR) is 58.0 cm³/mol. The minimum absolute atomic E-state index is 0.346. The molecule has 0 aromatic heterocycles. The quantitative estimate of drug-likeness (QED) is 0.686. The monoisotopic (exact) mass is 194 g/mol. The van der Waals surface area contributed by atoms with Gasteiger partial charge in [-0.2, -0.15) is 0 Å². The summed E-state index contributed by atoms with van der Waals surface area (Å²) in [4.78, 5) is 11.1. The van der Waals surface area contributed by atoms with Crippen LogP contribution in [0.5, 0.6) is 0 Å². The number of thioether (sulfide) groups is 1. The fourth-order valence-corrected chi connectivity index (χ4v) is 2.14. The van der Waals surface area contributed by atoms with Gasteiger partial charge in [0.25, 0.3) is 0 Å². The molecule has 1 nitrogen and oxygen atoms in total. The molecule has 2 heteroatoms. The minimum atomic E-state index is -0.346. The van der Waals surface area contributed by atoms with E-state index in [9.17, 15) is 4.79 Å². The van der Waals surface area contributed by atoms with E-state index in [2.05, 4.69) is 0 Å². The average molecular weight is 194 g/mol. The average Bonchev–Trinajstić information content (AvgIpc) is 2.23. The van der Waals surface area contributed by atoms with Crippen LogP contribution in [0.3, 0.4) is 0 Å². The van der Waals surface area contributed by atoms with E-state index in [-0.39, 0.29) is 4.75 Å². The molecule has 1 aromatic carbocycles. The molecule has 0 N–H and O–H groups in total. The van der Waals surface area contributed by atoms with E-state index in [1.165, 1.54) is 0 Å². The minimum Gasteiger partial charge on any atom is -0.301 e. The molecule has 0 aliphatic heterocycles. The number of rotatable bonds is 4. The molecule has 0 saturated carbocycles. The topological polar surface area (TPSA) is 17.1 Å². The normalized spacial score (nSPS) is 14.9. The molecule has 0 bridgehead atoms. The maximum atomic E-state index is 11.1. The Morgan fingerprint density at radius 1 is 1.38 bits per heavy atom. The van der Waals surface area contributed by atoms with Crippen molar-refractivity contribution in [2.45, 2.75) is 18.1 Å². The van der Waals surface area contributed by atoms with Crippen LogP contribution in [0.25, 0.3) is 0 Å². The molecule has 1 aromatic rings. The molecule has 1 atom stereocenters. The standard InChI is InChI=1S/C11H14OS/c1-3-11(9-12,13-2)10-7-5-4-6-8-10/h4-9H,3H2,1-2H3. The van der Waals surface area contributed by atoms with E-state index < -0.39 is 0 Å². The first kappa shape index (κ1) is 10.3. The van der Waals surface area contributed by atoms with Crippen LogP contribution in [0.4, 0.5) is 0 Å². The predicted octanol–water partition coefficient (Wildman–Crippen LogP) is 2.85. The van der Waals surface area contributed by atoms with Crippen molar-refractivity contribution in [3.05, 3.63) is 35.9 Å². The largest absolute Gasteiger partial charge is 0.301 e. The first-order valence-electron chi connectivity index (χ1n) is 4.36. The lowest BCUT2D eigenvalue weighted by molar-refractivity contribution is -0.110. The zero-order valence-corrected chi connectivity index (χ0v) is 8.80. The van der Waals surface area contributed by atoms with E-state index in [0.717, 1.165) is 18.3 Å². The van der Waals surface area contributed by atoms with Crippen LogP contribution in [0.15, 0.2) is 30.3 Å². The zero-order chi connectivity index (χ0) is 9.73. The maximum Gasteiger partial charge on any atom is 0.140 e. The highest BCUT2D eigenvalue weighted by molar-refractivity contribution is 8.00. The third-order valence-corrected chi connectivity index (χ3v) is 3.69. The molecule has 0 radical (unpaired) electrons. The molecule has 0 aliphatic carbocycles. The van der Waals surface area contributed by atoms with Crippen molar-refractivity contribution < 1.29 is 4.79 Å². The molecule has 0 fully saturated rings. The first-order valence-corrected chi connectivity index (χ1v) is 5.58. The molecule has 0 saturated heterocycles. The molecule has 70 valence electrons. The second kappa shape index (κ2) is 4.47. The summed E-state index contributed by atoms with van der Waals surface area (Å²) in [6.07, 6.45) is 3.86. The third-order valence-electron chi connectivity index (χ3n) is 2.34. The van der Waals surface area contributed by atoms with Crippen molar-refractivity contribution in [1.82, 2.24) is 0 Å². The van der Waals surface area contributed by atoms with E-state index in [0.29, 0.717) is 0 Å². The van der Waals surface area contributed by atoms with Crippen molar-refractivity contribution in [3.8, 4) is 0 Å². The fourth-order valence-electron chi connectivity index (χ4n) is 1.39. The second-order valence-corrected chi connectivity index (χ2v) is 4.07. The Kier molecular flexibility index (Phi) is 3.55. The van der Waals surface area contributed by atoms with Gasteiger partial charge in [0.15, 0.2) is 0 Å². The lowest BCUT2D eigenvalue weighted by Gasteiger charge is -2.24. The van der Waals surface area contributed by atoms with Crippen LogP contribution in [-0.4, -0.2) is 12.5 Å². The van der Waals surface area contributed by atoms with E-state index in [1.807, 2.05) is 43.5 Å². The Bertz CT molecular complexity index is 265. The van der Waals surface area contributed by atoms with Gasteiger partial charge in [-0.1, -0.05) is 37.3 Å². The van der Waals surface area contributed by atoms with E-state index in [4.69, 9.17) is 0 Å². The zero-order valence-electron chi connectivity index (χ0n) is 7.99. The molecule has 1 unspecified atom stereocenters. The van der Waals surface area contributed by atoms with Crippen molar-refractivity contribution >= 4 is 18.0 Å². The lowest BCUT2D eigenvalue weighted by Crippen LogP contribution is -2.22. The lowest BCUT2D eigenvalue weighted by atomic mass is 9.97. The molecular weight excluding hydrogens is 180 g/mol. The van der Waals surface area contributed by atoms with Gasteiger partial charge in [-0.3, -0.25) is 0 Å². The highest BCUT2D eigenvalue weighted by Gasteiger charge is 2.28. The summed E-state index contributed by atoms with van der Waals surface area (Å²) in [5, 5.41) is 0. The van der Waals surface area contributed by atoms with Crippen molar-refractivity contribution in [2.75, 3.05) is 6.26 Å². The molecule has 0 amide bonds. The molecule has 0 spiro atoms. The molecule has 0 heterocycles. The first-order chi connectivity index (χ1) is 6.29. The summed E-state index contributed by atoms with van der Waals surface area (Å²) in [6.45, 7) is 2.04. The fraction of sp³-hybridized carbons (Fsp3) is 0.364. The molecule has 1 rings (SSSR count). The SMILES string of the molecule is CCC(C=O)(SC)c1ccccc1. The van der Waals surface area contributed by atoms with Crippen LogP contribution in [0, 0.1) is 0 Å². The highest BCUT2D eigenvalue weighted by Crippen LogP contribution is 2.35. The molecular formula is C11H14OS. The van der Waals surface area contributed by atoms with Gasteiger partial charge in [-0.25, -0.2) is 0 Å². The number of benzene rings is 1. The van der Waals surface area contributed by atoms with Gasteiger partial charge < -0.3 is 4.79 Å². The van der Waals surface area contributed by atoms with Crippen LogP contribution >= 0.6 is 11.8 Å². The Hall–Kier alpha value is -0.760. The Labute approximate surface area is 83.5 Å². The summed E-state index contributed by atoms with van der Waals surface area (Å²) in [5.41, 5.74) is 1.10. The van der Waals surface area contributed by atoms with E-state index in [1.54, 1.807) is 11.8 Å². The van der Waals surface area contributed by atoms with Crippen molar-refractivity contribution in [2.24, 2.45) is 0 Å². The summed E-state index contributed by atoms with van der Waals surface area (Å²) in [7, 11) is 0. The Morgan fingerprint density at radius 3 is 2.38 bits per heavy atom. The number of carbonyl (C=O) groups is 1. The maximum absolute atomic E-state index is 11.1. The van der Waals surface area contributed by atoms with Gasteiger partial charge in [0.2, 0.25) is 0 Å². The highest BCUT2D eigenvalue weighted by atomic mass is 32.2. The molecule has 13 heavy (non-hydrogen) atoms. The number of hydrogen-bond acceptors (Lipinski definition) is 2.